The predicted octanol–water partition coefficient (Wildman–Crippen LogP) is 2.63. The number of ether oxygens (including phenoxy) is 1. The molecule has 7 nitrogen and oxygen atoms in total. The quantitative estimate of drug-likeness (QED) is 0.771. The molecular formula is C20H24N2O5S. The Bertz CT molecular complexity index is 907. The van der Waals surface area contributed by atoms with E-state index in [1.165, 1.54) is 12.1 Å². The number of rotatable bonds is 6. The maximum atomic E-state index is 12.7. The van der Waals surface area contributed by atoms with E-state index >= 15 is 0 Å². The van der Waals surface area contributed by atoms with Gasteiger partial charge in [-0.05, 0) is 38.5 Å². The van der Waals surface area contributed by atoms with Crippen LogP contribution in [-0.2, 0) is 26.0 Å². The summed E-state index contributed by atoms with van der Waals surface area (Å²) in [6.45, 7) is 5.08. The van der Waals surface area contributed by atoms with Gasteiger partial charge in [0.15, 0.2) is 0 Å². The zero-order valence-corrected chi connectivity index (χ0v) is 16.8. The van der Waals surface area contributed by atoms with Crippen molar-refractivity contribution in [2.75, 3.05) is 0 Å². The Morgan fingerprint density at radius 1 is 0.964 bits per heavy atom. The highest BCUT2D eigenvalue weighted by molar-refractivity contribution is 7.90. The van der Waals surface area contributed by atoms with E-state index in [4.69, 9.17) is 4.74 Å². The Labute approximate surface area is 165 Å². The molecule has 0 radical (unpaired) electrons. The van der Waals surface area contributed by atoms with Crippen molar-refractivity contribution in [3.8, 4) is 0 Å². The van der Waals surface area contributed by atoms with Crippen LogP contribution in [0.15, 0.2) is 65.6 Å². The number of alkyl carbamates (subject to hydrolysis) is 1. The average Bonchev–Trinajstić information content (AvgIpc) is 2.61. The first-order valence-corrected chi connectivity index (χ1v) is 10.2. The summed E-state index contributed by atoms with van der Waals surface area (Å²) in [4.78, 5) is 24.8. The van der Waals surface area contributed by atoms with Gasteiger partial charge in [0.1, 0.15) is 11.6 Å². The van der Waals surface area contributed by atoms with Crippen molar-refractivity contribution in [3.05, 3.63) is 66.2 Å². The van der Waals surface area contributed by atoms with E-state index in [1.807, 2.05) is 10.8 Å². The zero-order valence-electron chi connectivity index (χ0n) is 16.0. The van der Waals surface area contributed by atoms with Crippen molar-refractivity contribution in [2.45, 2.75) is 43.7 Å². The van der Waals surface area contributed by atoms with Crippen LogP contribution in [0.4, 0.5) is 4.79 Å². The minimum absolute atomic E-state index is 0.0425. The second kappa shape index (κ2) is 8.88. The summed E-state index contributed by atoms with van der Waals surface area (Å²) < 4.78 is 32.1. The SMILES string of the molecule is CC(C)(C)OC(=O)N[C@H](Cc1ccccc1)C(=O)NS(=O)(=O)c1ccccc1. The summed E-state index contributed by atoms with van der Waals surface area (Å²) >= 11 is 0. The van der Waals surface area contributed by atoms with Crippen LogP contribution in [0.5, 0.6) is 0 Å². The second-order valence-electron chi connectivity index (χ2n) is 7.17. The molecule has 0 heterocycles. The van der Waals surface area contributed by atoms with E-state index in [2.05, 4.69) is 5.32 Å². The van der Waals surface area contributed by atoms with Crippen molar-refractivity contribution in [2.24, 2.45) is 0 Å². The number of nitrogens with one attached hydrogen (secondary N) is 2. The lowest BCUT2D eigenvalue weighted by Gasteiger charge is -2.23. The summed E-state index contributed by atoms with van der Waals surface area (Å²) in [5, 5.41) is 2.46. The van der Waals surface area contributed by atoms with Crippen LogP contribution in [0.2, 0.25) is 0 Å². The van der Waals surface area contributed by atoms with Crippen LogP contribution >= 0.6 is 0 Å². The first-order chi connectivity index (χ1) is 13.1. The van der Waals surface area contributed by atoms with Crippen LogP contribution in [0.3, 0.4) is 0 Å². The summed E-state index contributed by atoms with van der Waals surface area (Å²) in [5.74, 6) is -0.849. The van der Waals surface area contributed by atoms with Gasteiger partial charge in [-0.3, -0.25) is 4.79 Å². The number of carbonyl (C=O) groups excluding carboxylic acids is 2. The molecule has 0 aliphatic heterocycles. The molecule has 0 aromatic heterocycles. The molecule has 1 atom stereocenters. The molecule has 0 saturated heterocycles. The molecular weight excluding hydrogens is 380 g/mol. The molecule has 2 aromatic carbocycles. The lowest BCUT2D eigenvalue weighted by atomic mass is 10.1. The number of sulfonamides is 1. The smallest absolute Gasteiger partial charge is 0.408 e. The molecule has 150 valence electrons. The van der Waals surface area contributed by atoms with Gasteiger partial charge in [0.25, 0.3) is 15.9 Å². The van der Waals surface area contributed by atoms with E-state index in [-0.39, 0.29) is 11.3 Å². The molecule has 2 N–H and O–H groups in total. The topological polar surface area (TPSA) is 102 Å². The monoisotopic (exact) mass is 404 g/mol. The third-order valence-corrected chi connectivity index (χ3v) is 4.94. The Morgan fingerprint density at radius 3 is 2.04 bits per heavy atom. The van der Waals surface area contributed by atoms with E-state index in [1.54, 1.807) is 63.2 Å². The molecule has 2 aromatic rings. The van der Waals surface area contributed by atoms with Crippen molar-refractivity contribution in [1.29, 1.82) is 0 Å². The molecule has 8 heteroatoms. The minimum atomic E-state index is -4.06. The van der Waals surface area contributed by atoms with Crippen molar-refractivity contribution in [1.82, 2.24) is 10.0 Å². The fourth-order valence-corrected chi connectivity index (χ4v) is 3.41. The molecule has 0 saturated carbocycles. The van der Waals surface area contributed by atoms with Gasteiger partial charge in [-0.25, -0.2) is 17.9 Å². The van der Waals surface area contributed by atoms with E-state index in [0.717, 1.165) is 5.56 Å². The molecule has 28 heavy (non-hydrogen) atoms. The van der Waals surface area contributed by atoms with Crippen LogP contribution < -0.4 is 10.0 Å². The van der Waals surface area contributed by atoms with Crippen molar-refractivity contribution in [3.63, 3.8) is 0 Å². The largest absolute Gasteiger partial charge is 0.444 e. The summed E-state index contributed by atoms with van der Waals surface area (Å²) in [5.41, 5.74) is 0.00404. The highest BCUT2D eigenvalue weighted by Crippen LogP contribution is 2.11. The summed E-state index contributed by atoms with van der Waals surface area (Å²) in [6, 6.07) is 15.4. The molecule has 2 rings (SSSR count). The summed E-state index contributed by atoms with van der Waals surface area (Å²) in [7, 11) is -4.06. The van der Waals surface area contributed by atoms with Crippen LogP contribution in [0.25, 0.3) is 0 Å². The van der Waals surface area contributed by atoms with Gasteiger partial charge in [-0.2, -0.15) is 0 Å². The van der Waals surface area contributed by atoms with Gasteiger partial charge in [-0.1, -0.05) is 48.5 Å². The molecule has 0 bridgehead atoms. The molecule has 0 unspecified atom stereocenters. The summed E-state index contributed by atoms with van der Waals surface area (Å²) in [6.07, 6.45) is -0.698. The Hall–Kier alpha value is -2.87. The average molecular weight is 404 g/mol. The van der Waals surface area contributed by atoms with Gasteiger partial charge in [0.2, 0.25) is 0 Å². The lowest BCUT2D eigenvalue weighted by Crippen LogP contribution is -2.50. The van der Waals surface area contributed by atoms with E-state index in [0.29, 0.717) is 0 Å². The van der Waals surface area contributed by atoms with Gasteiger partial charge in [-0.15, -0.1) is 0 Å². The third kappa shape index (κ3) is 6.70. The van der Waals surface area contributed by atoms with E-state index < -0.39 is 33.7 Å². The minimum Gasteiger partial charge on any atom is -0.444 e. The molecule has 0 aliphatic rings. The number of amides is 2. The number of carbonyl (C=O) groups is 2. The standard InChI is InChI=1S/C20H24N2O5S/c1-20(2,3)27-19(24)21-17(14-15-10-6-4-7-11-15)18(23)22-28(25,26)16-12-8-5-9-13-16/h4-13,17H,14H2,1-3H3,(H,21,24)(H,22,23)/t17-/m1/s1. The highest BCUT2D eigenvalue weighted by atomic mass is 32.2. The van der Waals surface area contributed by atoms with Crippen LogP contribution in [0.1, 0.15) is 26.3 Å². The van der Waals surface area contributed by atoms with Gasteiger partial charge in [0.05, 0.1) is 4.90 Å². The predicted molar refractivity (Wildman–Crippen MR) is 105 cm³/mol. The van der Waals surface area contributed by atoms with Gasteiger partial charge in [0, 0.05) is 6.42 Å². The fourth-order valence-electron chi connectivity index (χ4n) is 2.37. The zero-order chi connectivity index (χ0) is 20.8. The third-order valence-electron chi connectivity index (χ3n) is 3.58. The molecule has 0 fully saturated rings. The Kier molecular flexibility index (Phi) is 6.80. The molecule has 0 spiro atoms. The maximum Gasteiger partial charge on any atom is 0.408 e. The number of hydrogen-bond donors (Lipinski definition) is 2. The van der Waals surface area contributed by atoms with Crippen molar-refractivity contribution < 1.29 is 22.7 Å². The second-order valence-corrected chi connectivity index (χ2v) is 8.85. The number of benzene rings is 2. The van der Waals surface area contributed by atoms with Crippen molar-refractivity contribution >= 4 is 22.0 Å². The van der Waals surface area contributed by atoms with Gasteiger partial charge >= 0.3 is 6.09 Å². The first-order valence-electron chi connectivity index (χ1n) is 8.72. The lowest BCUT2D eigenvalue weighted by molar-refractivity contribution is -0.121. The Balaban J connectivity index is 2.19. The van der Waals surface area contributed by atoms with Crippen LogP contribution in [0, 0.1) is 0 Å². The molecule has 0 aliphatic carbocycles. The van der Waals surface area contributed by atoms with Crippen LogP contribution in [-0.4, -0.2) is 32.1 Å². The Morgan fingerprint density at radius 2 is 1.50 bits per heavy atom. The fraction of sp³-hybridized carbons (Fsp3) is 0.300. The maximum absolute atomic E-state index is 12.7. The molecule has 2 amide bonds. The highest BCUT2D eigenvalue weighted by Gasteiger charge is 2.28. The number of hydrogen-bond acceptors (Lipinski definition) is 5. The normalized spacial score (nSPS) is 12.7. The van der Waals surface area contributed by atoms with E-state index in [9.17, 15) is 18.0 Å². The van der Waals surface area contributed by atoms with Gasteiger partial charge < -0.3 is 10.1 Å². The first kappa shape index (κ1) is 21.4.